The summed E-state index contributed by atoms with van der Waals surface area (Å²) in [6.45, 7) is 16.6. The third-order valence-corrected chi connectivity index (χ3v) is 19.1. The van der Waals surface area contributed by atoms with Crippen molar-refractivity contribution in [2.75, 3.05) is 73.8 Å². The molecule has 0 saturated carbocycles. The van der Waals surface area contributed by atoms with E-state index in [4.69, 9.17) is 14.2 Å². The molecule has 21 heteroatoms. The van der Waals surface area contributed by atoms with Gasteiger partial charge in [0.25, 0.3) is 17.1 Å². The first-order chi connectivity index (χ1) is 52.3. The molecule has 0 saturated heterocycles. The van der Waals surface area contributed by atoms with E-state index in [1.54, 1.807) is 36.4 Å². The smallest absolute Gasteiger partial charge is 0.269 e. The third kappa shape index (κ3) is 25.8. The molecular weight excluding hydrogens is 1350 g/mol. The Kier molecular flexibility index (Phi) is 32.3. The fraction of sp³-hybridized carbons (Fsp3) is 0.372. The summed E-state index contributed by atoms with van der Waals surface area (Å²) in [5.41, 5.74) is 10.3. The van der Waals surface area contributed by atoms with Gasteiger partial charge in [-0.2, -0.15) is 30.7 Å². The Bertz CT molecular complexity index is 3770. The van der Waals surface area contributed by atoms with Crippen LogP contribution in [0.1, 0.15) is 160 Å². The summed E-state index contributed by atoms with van der Waals surface area (Å²) < 4.78 is 19.2. The number of anilines is 3. The number of nitro benzene ring substituents is 3. The molecule has 107 heavy (non-hydrogen) atoms. The van der Waals surface area contributed by atoms with Gasteiger partial charge in [-0.05, 0) is 227 Å². The Morgan fingerprint density at radius 3 is 0.701 bits per heavy atom. The minimum atomic E-state index is -0.518. The van der Waals surface area contributed by atoms with Crippen molar-refractivity contribution in [2.24, 2.45) is 30.7 Å². The van der Waals surface area contributed by atoms with Crippen LogP contribution in [0.5, 0.6) is 17.2 Å². The largest absolute Gasteiger partial charge is 0.494 e. The average Bonchev–Trinajstić information content (AvgIpc) is 0.763. The molecule has 0 atom stereocenters. The lowest BCUT2D eigenvalue weighted by Gasteiger charge is -2.32. The van der Waals surface area contributed by atoms with E-state index in [1.807, 2.05) is 36.4 Å². The molecule has 0 unspecified atom stereocenters. The quantitative estimate of drug-likeness (QED) is 0.0114. The Morgan fingerprint density at radius 2 is 0.486 bits per heavy atom. The average molecular weight is 1450 g/mol. The van der Waals surface area contributed by atoms with Crippen LogP contribution in [0.4, 0.5) is 68.2 Å². The number of nitro groups is 3. The van der Waals surface area contributed by atoms with Crippen molar-refractivity contribution < 1.29 is 29.0 Å². The second-order valence-electron chi connectivity index (χ2n) is 27.0. The predicted molar refractivity (Wildman–Crippen MR) is 429 cm³/mol. The summed E-state index contributed by atoms with van der Waals surface area (Å²) in [6, 6.07) is 68.3. The Hall–Kier alpha value is -11.2. The maximum atomic E-state index is 11.0. The van der Waals surface area contributed by atoms with Crippen LogP contribution >= 0.6 is 0 Å². The minimum absolute atomic E-state index is 0.0199. The van der Waals surface area contributed by atoms with Gasteiger partial charge in [0.1, 0.15) is 17.2 Å². The van der Waals surface area contributed by atoms with Gasteiger partial charge in [0.05, 0.1) is 68.7 Å². The number of benzene rings is 9. The van der Waals surface area contributed by atoms with Gasteiger partial charge in [0.2, 0.25) is 0 Å². The van der Waals surface area contributed by atoms with E-state index in [-0.39, 0.29) is 17.1 Å². The number of hydrogen-bond donors (Lipinski definition) is 0. The molecule has 0 aliphatic carbocycles. The first kappa shape index (κ1) is 79.9. The maximum Gasteiger partial charge on any atom is 0.269 e. The van der Waals surface area contributed by atoms with E-state index in [2.05, 4.69) is 182 Å². The van der Waals surface area contributed by atoms with E-state index < -0.39 is 20.2 Å². The zero-order valence-corrected chi connectivity index (χ0v) is 62.4. The van der Waals surface area contributed by atoms with Crippen LogP contribution in [0, 0.1) is 30.3 Å². The highest BCUT2D eigenvalue weighted by atomic mass is 16.6. The summed E-state index contributed by atoms with van der Waals surface area (Å²) in [5.74, 6) is 2.53. The van der Waals surface area contributed by atoms with Gasteiger partial charge >= 0.3 is 0 Å². The number of rotatable bonds is 48. The highest BCUT2D eigenvalue weighted by Crippen LogP contribution is 2.41. The predicted octanol–water partition coefficient (Wildman–Crippen LogP) is 24.7. The van der Waals surface area contributed by atoms with Crippen LogP contribution in [0.2, 0.25) is 0 Å². The third-order valence-electron chi connectivity index (χ3n) is 19.1. The molecular formula is C86H102N12O9. The van der Waals surface area contributed by atoms with Crippen LogP contribution in [0.3, 0.4) is 0 Å². The number of unbranched alkanes of at least 4 members (excludes halogenated alkanes) is 12. The number of hydrogen-bond acceptors (Lipinski definition) is 18. The van der Waals surface area contributed by atoms with Crippen molar-refractivity contribution in [3.8, 4) is 17.2 Å². The van der Waals surface area contributed by atoms with E-state index in [1.165, 1.54) is 36.4 Å². The Balaban J connectivity index is 0.757. The molecule has 0 aliphatic rings. The molecule has 21 nitrogen and oxygen atoms in total. The second-order valence-corrected chi connectivity index (χ2v) is 27.0. The van der Waals surface area contributed by atoms with E-state index in [9.17, 15) is 30.3 Å². The van der Waals surface area contributed by atoms with E-state index in [0.717, 1.165) is 223 Å². The molecule has 0 fully saturated rings. The molecule has 0 radical (unpaired) electrons. The van der Waals surface area contributed by atoms with Gasteiger partial charge in [0, 0.05) is 98.1 Å². The highest BCUT2D eigenvalue weighted by molar-refractivity contribution is 5.57. The first-order valence-corrected chi connectivity index (χ1v) is 38.0. The van der Waals surface area contributed by atoms with Gasteiger partial charge in [-0.3, -0.25) is 30.3 Å². The molecule has 0 amide bonds. The Labute approximate surface area is 629 Å². The van der Waals surface area contributed by atoms with Crippen molar-refractivity contribution in [3.63, 3.8) is 0 Å². The summed E-state index contributed by atoms with van der Waals surface area (Å²) in [5, 5.41) is 59.0. The molecule has 0 bridgehead atoms. The summed E-state index contributed by atoms with van der Waals surface area (Å²) >= 11 is 0. The normalized spacial score (nSPS) is 12.0. The van der Waals surface area contributed by atoms with Gasteiger partial charge in [-0.15, -0.1) is 0 Å². The monoisotopic (exact) mass is 1450 g/mol. The standard InChI is InChI=1S/C86H102N12O9/c1-5-8-59-93(77-41-29-71(30-42-77)87-90-74-35-47-80(48-36-74)96(99)100)62-17-11-14-20-65-105-83-53-23-68(24-54-83)86(4,69-25-55-84(56-26-69)106-66-21-15-12-18-63-94(60-9-6-2)78-43-31-72(32-44-78)88-91-75-37-49-81(50-38-75)97(101)102)70-27-57-85(58-28-70)107-67-22-16-13-19-64-95(61-10-7-3)79-45-33-73(34-46-79)89-92-76-39-51-82(52-40-76)98(103)104/h23-58H,5-22,59-67H2,1-4H3. The number of non-ortho nitro benzene ring substituents is 3. The van der Waals surface area contributed by atoms with Crippen LogP contribution in [-0.4, -0.2) is 73.9 Å². The van der Waals surface area contributed by atoms with Crippen LogP contribution in [0.15, 0.2) is 249 Å². The lowest BCUT2D eigenvalue weighted by atomic mass is 9.71. The lowest BCUT2D eigenvalue weighted by molar-refractivity contribution is -0.385. The topological polar surface area (TPSA) is 241 Å². The van der Waals surface area contributed by atoms with Crippen LogP contribution < -0.4 is 28.9 Å². The van der Waals surface area contributed by atoms with Crippen molar-refractivity contribution in [2.45, 2.75) is 149 Å². The highest BCUT2D eigenvalue weighted by Gasteiger charge is 2.32. The van der Waals surface area contributed by atoms with Crippen molar-refractivity contribution >= 4 is 68.2 Å². The molecule has 0 spiro atoms. The summed E-state index contributed by atoms with van der Waals surface area (Å²) in [7, 11) is 0. The second kappa shape index (κ2) is 43.3. The Morgan fingerprint density at radius 1 is 0.280 bits per heavy atom. The van der Waals surface area contributed by atoms with Crippen molar-refractivity contribution in [3.05, 3.63) is 265 Å². The molecule has 0 aromatic heterocycles. The van der Waals surface area contributed by atoms with Gasteiger partial charge in [0.15, 0.2) is 0 Å². The summed E-state index contributed by atoms with van der Waals surface area (Å²) in [4.78, 5) is 39.2. The zero-order chi connectivity index (χ0) is 75.3. The molecule has 560 valence electrons. The number of nitrogens with zero attached hydrogens (tertiary/aromatic N) is 12. The van der Waals surface area contributed by atoms with Crippen LogP contribution in [0.25, 0.3) is 0 Å². The molecule has 9 rings (SSSR count). The van der Waals surface area contributed by atoms with Crippen LogP contribution in [-0.2, 0) is 5.41 Å². The molecule has 0 aliphatic heterocycles. The molecule has 0 heterocycles. The van der Waals surface area contributed by atoms with E-state index >= 15 is 0 Å². The maximum absolute atomic E-state index is 11.0. The fourth-order valence-electron chi connectivity index (χ4n) is 12.6. The SMILES string of the molecule is CCCCN(CCCCCCOc1ccc(C(C)(c2ccc(OCCCCCCN(CCCC)c3ccc(N=Nc4ccc([N+](=O)[O-])cc4)cc3)cc2)c2ccc(OCCCCCCN(CCCC)c3ccc(N=Nc4ccc([N+](=O)[O-])cc4)cc3)cc2)cc1)c1ccc(N=Nc2ccc([N+](=O)[O-])cc2)cc1. The lowest BCUT2D eigenvalue weighted by Crippen LogP contribution is -2.25. The zero-order valence-electron chi connectivity index (χ0n) is 62.4. The first-order valence-electron chi connectivity index (χ1n) is 38.0. The van der Waals surface area contributed by atoms with E-state index in [0.29, 0.717) is 36.9 Å². The number of azo groups is 3. The van der Waals surface area contributed by atoms with Gasteiger partial charge in [-0.25, -0.2) is 0 Å². The minimum Gasteiger partial charge on any atom is -0.494 e. The van der Waals surface area contributed by atoms with Crippen molar-refractivity contribution in [1.82, 2.24) is 0 Å². The van der Waals surface area contributed by atoms with Gasteiger partial charge in [-0.1, -0.05) is 115 Å². The summed E-state index contributed by atoms with van der Waals surface area (Å²) in [6.07, 6.45) is 19.2. The number of ether oxygens (including phenoxy) is 3. The molecule has 0 N–H and O–H groups in total. The van der Waals surface area contributed by atoms with Crippen molar-refractivity contribution in [1.29, 1.82) is 0 Å². The fourth-order valence-corrected chi connectivity index (χ4v) is 12.6. The molecule has 9 aromatic rings. The molecule has 9 aromatic carbocycles. The van der Waals surface area contributed by atoms with Gasteiger partial charge < -0.3 is 28.9 Å².